The lowest BCUT2D eigenvalue weighted by atomic mass is 9.75. The van der Waals surface area contributed by atoms with Crippen molar-refractivity contribution in [1.29, 1.82) is 0 Å². The Hall–Kier alpha value is -0.570. The topological polar surface area (TPSA) is 40.5 Å². The predicted octanol–water partition coefficient (Wildman–Crippen LogP) is 3.63. The van der Waals surface area contributed by atoms with Crippen molar-refractivity contribution < 1.29 is 9.90 Å². The molecular formula is C16H31NO2. The number of rotatable bonds is 6. The molecular weight excluding hydrogens is 238 g/mol. The zero-order valence-electron chi connectivity index (χ0n) is 13.2. The van der Waals surface area contributed by atoms with Crippen molar-refractivity contribution in [3.05, 3.63) is 0 Å². The highest BCUT2D eigenvalue weighted by molar-refractivity contribution is 5.71. The molecule has 1 saturated carbocycles. The summed E-state index contributed by atoms with van der Waals surface area (Å²) in [5.41, 5.74) is 0. The molecule has 0 radical (unpaired) electrons. The number of hydrogen-bond acceptors (Lipinski definition) is 2. The standard InChI is InChI=1S/C16H31NO2/c1-6-7-13-8-9-14(16(18)19)15(10-13)17(5)12(4)11(2)3/h11-15H,6-10H2,1-5H3,(H,18,19). The molecule has 0 spiro atoms. The molecule has 0 heterocycles. The van der Waals surface area contributed by atoms with Gasteiger partial charge in [-0.15, -0.1) is 0 Å². The van der Waals surface area contributed by atoms with E-state index in [1.807, 2.05) is 0 Å². The van der Waals surface area contributed by atoms with Gasteiger partial charge in [-0.05, 0) is 45.1 Å². The monoisotopic (exact) mass is 269 g/mol. The Morgan fingerprint density at radius 2 is 1.95 bits per heavy atom. The quantitative estimate of drug-likeness (QED) is 0.800. The van der Waals surface area contributed by atoms with Crippen LogP contribution in [0.4, 0.5) is 0 Å². The molecule has 0 aromatic heterocycles. The summed E-state index contributed by atoms with van der Waals surface area (Å²) in [7, 11) is 2.11. The van der Waals surface area contributed by atoms with E-state index in [-0.39, 0.29) is 12.0 Å². The van der Waals surface area contributed by atoms with E-state index in [1.165, 1.54) is 12.8 Å². The molecule has 4 atom stereocenters. The molecule has 0 saturated heterocycles. The minimum Gasteiger partial charge on any atom is -0.481 e. The van der Waals surface area contributed by atoms with Crippen LogP contribution in [-0.2, 0) is 4.79 Å². The average Bonchev–Trinajstić information content (AvgIpc) is 2.36. The van der Waals surface area contributed by atoms with E-state index in [1.54, 1.807) is 0 Å². The Labute approximate surface area is 118 Å². The zero-order chi connectivity index (χ0) is 14.6. The van der Waals surface area contributed by atoms with E-state index < -0.39 is 5.97 Å². The molecule has 1 rings (SSSR count). The van der Waals surface area contributed by atoms with Crippen molar-refractivity contribution >= 4 is 5.97 Å². The first-order chi connectivity index (χ1) is 8.88. The third-order valence-electron chi connectivity index (χ3n) is 5.07. The number of hydrogen-bond donors (Lipinski definition) is 1. The molecule has 0 aromatic rings. The van der Waals surface area contributed by atoms with Gasteiger partial charge < -0.3 is 5.11 Å². The Kier molecular flexibility index (Phi) is 6.31. The van der Waals surface area contributed by atoms with Gasteiger partial charge in [0.2, 0.25) is 0 Å². The molecule has 1 fully saturated rings. The summed E-state index contributed by atoms with van der Waals surface area (Å²) in [6.07, 6.45) is 5.44. The van der Waals surface area contributed by atoms with Crippen LogP contribution in [0.5, 0.6) is 0 Å². The minimum atomic E-state index is -0.609. The minimum absolute atomic E-state index is 0.181. The Morgan fingerprint density at radius 1 is 1.32 bits per heavy atom. The van der Waals surface area contributed by atoms with Crippen LogP contribution in [0.25, 0.3) is 0 Å². The predicted molar refractivity (Wildman–Crippen MR) is 79.2 cm³/mol. The molecule has 112 valence electrons. The average molecular weight is 269 g/mol. The molecule has 4 unspecified atom stereocenters. The van der Waals surface area contributed by atoms with Crippen LogP contribution in [0.2, 0.25) is 0 Å². The third-order valence-corrected chi connectivity index (χ3v) is 5.07. The molecule has 1 N–H and O–H groups in total. The van der Waals surface area contributed by atoms with Crippen LogP contribution in [-0.4, -0.2) is 35.1 Å². The van der Waals surface area contributed by atoms with E-state index in [0.29, 0.717) is 17.9 Å². The fraction of sp³-hybridized carbons (Fsp3) is 0.938. The third kappa shape index (κ3) is 4.20. The summed E-state index contributed by atoms with van der Waals surface area (Å²) in [6, 6.07) is 0.646. The maximum Gasteiger partial charge on any atom is 0.308 e. The van der Waals surface area contributed by atoms with Crippen LogP contribution >= 0.6 is 0 Å². The van der Waals surface area contributed by atoms with E-state index in [9.17, 15) is 9.90 Å². The fourth-order valence-corrected chi connectivity index (χ4v) is 3.41. The van der Waals surface area contributed by atoms with Gasteiger partial charge in [0.15, 0.2) is 0 Å². The molecule has 0 amide bonds. The largest absolute Gasteiger partial charge is 0.481 e. The van der Waals surface area contributed by atoms with Crippen molar-refractivity contribution in [3.8, 4) is 0 Å². The van der Waals surface area contributed by atoms with Crippen LogP contribution in [0.1, 0.15) is 59.8 Å². The van der Waals surface area contributed by atoms with Crippen LogP contribution in [0.3, 0.4) is 0 Å². The summed E-state index contributed by atoms with van der Waals surface area (Å²) in [5.74, 6) is 0.487. The fourth-order valence-electron chi connectivity index (χ4n) is 3.41. The van der Waals surface area contributed by atoms with Crippen molar-refractivity contribution in [2.45, 2.75) is 71.9 Å². The molecule has 3 nitrogen and oxygen atoms in total. The second kappa shape index (κ2) is 7.28. The Morgan fingerprint density at radius 3 is 2.42 bits per heavy atom. The second-order valence-corrected chi connectivity index (χ2v) is 6.63. The number of carbonyl (C=O) groups is 1. The van der Waals surface area contributed by atoms with Gasteiger partial charge in [-0.1, -0.05) is 33.6 Å². The van der Waals surface area contributed by atoms with Gasteiger partial charge in [0.1, 0.15) is 0 Å². The smallest absolute Gasteiger partial charge is 0.308 e. The van der Waals surface area contributed by atoms with Gasteiger partial charge in [-0.25, -0.2) is 0 Å². The van der Waals surface area contributed by atoms with Gasteiger partial charge in [0.05, 0.1) is 5.92 Å². The Bertz CT molecular complexity index is 290. The number of aliphatic carboxylic acids is 1. The number of carboxylic acid groups (broad SMARTS) is 1. The highest BCUT2D eigenvalue weighted by Gasteiger charge is 2.38. The van der Waals surface area contributed by atoms with Gasteiger partial charge in [0, 0.05) is 12.1 Å². The van der Waals surface area contributed by atoms with Crippen molar-refractivity contribution in [3.63, 3.8) is 0 Å². The lowest BCUT2D eigenvalue weighted by molar-refractivity contribution is -0.146. The molecule has 3 heteroatoms. The zero-order valence-corrected chi connectivity index (χ0v) is 13.2. The van der Waals surface area contributed by atoms with Crippen LogP contribution in [0, 0.1) is 17.8 Å². The highest BCUT2D eigenvalue weighted by Crippen LogP contribution is 2.35. The lowest BCUT2D eigenvalue weighted by Crippen LogP contribution is -2.50. The Balaban J connectivity index is 2.79. The summed E-state index contributed by atoms with van der Waals surface area (Å²) in [5, 5.41) is 9.47. The van der Waals surface area contributed by atoms with Gasteiger partial charge in [0.25, 0.3) is 0 Å². The van der Waals surface area contributed by atoms with E-state index >= 15 is 0 Å². The summed E-state index contributed by atoms with van der Waals surface area (Å²) >= 11 is 0. The van der Waals surface area contributed by atoms with Gasteiger partial charge in [-0.2, -0.15) is 0 Å². The first-order valence-corrected chi connectivity index (χ1v) is 7.83. The SMILES string of the molecule is CCCC1CCC(C(=O)O)C(N(C)C(C)C(C)C)C1. The molecule has 19 heavy (non-hydrogen) atoms. The van der Waals surface area contributed by atoms with Crippen molar-refractivity contribution in [2.75, 3.05) is 7.05 Å². The van der Waals surface area contributed by atoms with E-state index in [0.717, 1.165) is 19.3 Å². The van der Waals surface area contributed by atoms with Crippen molar-refractivity contribution in [2.24, 2.45) is 17.8 Å². The molecule has 0 aromatic carbocycles. The van der Waals surface area contributed by atoms with E-state index in [4.69, 9.17) is 0 Å². The molecule has 1 aliphatic rings. The lowest BCUT2D eigenvalue weighted by Gasteiger charge is -2.43. The number of nitrogens with zero attached hydrogens (tertiary/aromatic N) is 1. The highest BCUT2D eigenvalue weighted by atomic mass is 16.4. The van der Waals surface area contributed by atoms with Gasteiger partial charge in [-0.3, -0.25) is 9.69 Å². The molecule has 0 aliphatic heterocycles. The van der Waals surface area contributed by atoms with E-state index in [2.05, 4.69) is 39.6 Å². The maximum atomic E-state index is 11.5. The second-order valence-electron chi connectivity index (χ2n) is 6.63. The maximum absolute atomic E-state index is 11.5. The first-order valence-electron chi connectivity index (χ1n) is 7.83. The van der Waals surface area contributed by atoms with Crippen LogP contribution in [0.15, 0.2) is 0 Å². The molecule has 1 aliphatic carbocycles. The van der Waals surface area contributed by atoms with Crippen molar-refractivity contribution in [1.82, 2.24) is 4.90 Å². The first kappa shape index (κ1) is 16.5. The summed E-state index contributed by atoms with van der Waals surface area (Å²) in [4.78, 5) is 13.8. The normalized spacial score (nSPS) is 29.7. The summed E-state index contributed by atoms with van der Waals surface area (Å²) < 4.78 is 0. The summed E-state index contributed by atoms with van der Waals surface area (Å²) in [6.45, 7) is 8.86. The number of carboxylic acids is 1. The van der Waals surface area contributed by atoms with Crippen LogP contribution < -0.4 is 0 Å². The van der Waals surface area contributed by atoms with Gasteiger partial charge >= 0.3 is 5.97 Å². The molecule has 0 bridgehead atoms.